The number of hydrogen-bond donors (Lipinski definition) is 11. The zero-order valence-electron chi connectivity index (χ0n) is 18.8. The molecule has 0 saturated carbocycles. The van der Waals surface area contributed by atoms with Crippen LogP contribution in [-0.2, 0) is 33.6 Å². The fraction of sp³-hybridized carbons (Fsp3) is 0.611. The summed E-state index contributed by atoms with van der Waals surface area (Å²) in [6, 6.07) is -0.716. The molecule has 0 spiro atoms. The lowest BCUT2D eigenvalue weighted by atomic mass is 9.96. The first kappa shape index (κ1) is 36.7. The third-order valence-corrected chi connectivity index (χ3v) is 3.86. The van der Waals surface area contributed by atoms with Crippen molar-refractivity contribution in [1.82, 2.24) is 0 Å². The summed E-state index contributed by atoms with van der Waals surface area (Å²) < 4.78 is 0. The number of carboxylic acid groups (broad SMARTS) is 7. The highest BCUT2D eigenvalue weighted by molar-refractivity contribution is 5.88. The van der Waals surface area contributed by atoms with Gasteiger partial charge in [-0.2, -0.15) is 0 Å². The van der Waals surface area contributed by atoms with E-state index < -0.39 is 84.7 Å². The Hall–Kier alpha value is -3.87. The van der Waals surface area contributed by atoms with Gasteiger partial charge in [0.25, 0.3) is 0 Å². The zero-order chi connectivity index (χ0) is 29.3. The Kier molecular flexibility index (Phi) is 17.9. The highest BCUT2D eigenvalue weighted by atomic mass is 16.4. The van der Waals surface area contributed by atoms with E-state index in [1.165, 1.54) is 0 Å². The maximum absolute atomic E-state index is 10.3. The summed E-state index contributed by atoms with van der Waals surface area (Å²) in [5.74, 6) is -11.0. The van der Waals surface area contributed by atoms with Gasteiger partial charge in [-0.1, -0.05) is 6.42 Å². The van der Waals surface area contributed by atoms with E-state index in [9.17, 15) is 33.6 Å². The van der Waals surface area contributed by atoms with Gasteiger partial charge in [-0.15, -0.1) is 0 Å². The van der Waals surface area contributed by atoms with Crippen LogP contribution in [0, 0.1) is 0 Å². The standard InChI is InChI=1S/C6H14N2O2.2C6H8O7/c7-4-2-1-3-5(8)6(9)10;2*7-3(8)1-6(13,5(11)12)2-4(9)10/h5H,1-4,7-8H2,(H,9,10);2*13H,1-2H2,(H,7,8)(H,9,10)(H,11,12)/t5-;;/m0../s1. The molecule has 0 aliphatic heterocycles. The maximum Gasteiger partial charge on any atom is 0.336 e. The Morgan fingerprint density at radius 1 is 0.583 bits per heavy atom. The van der Waals surface area contributed by atoms with Gasteiger partial charge in [0, 0.05) is 0 Å². The van der Waals surface area contributed by atoms with Gasteiger partial charge in [0.05, 0.1) is 25.7 Å². The molecule has 18 nitrogen and oxygen atoms in total. The van der Waals surface area contributed by atoms with Gasteiger partial charge >= 0.3 is 41.8 Å². The molecular formula is C18H30N2O16. The first-order valence-corrected chi connectivity index (χ1v) is 9.71. The van der Waals surface area contributed by atoms with Crippen molar-refractivity contribution in [3.05, 3.63) is 0 Å². The summed E-state index contributed by atoms with van der Waals surface area (Å²) in [5.41, 5.74) is 4.94. The maximum atomic E-state index is 10.3. The molecule has 13 N–H and O–H groups in total. The summed E-state index contributed by atoms with van der Waals surface area (Å²) in [4.78, 5) is 71.1. The minimum atomic E-state index is -2.74. The molecule has 0 aliphatic rings. The molecule has 36 heavy (non-hydrogen) atoms. The van der Waals surface area contributed by atoms with Gasteiger partial charge < -0.3 is 57.4 Å². The second-order valence-electron chi connectivity index (χ2n) is 7.18. The Morgan fingerprint density at radius 2 is 0.861 bits per heavy atom. The van der Waals surface area contributed by atoms with Crippen molar-refractivity contribution in [1.29, 1.82) is 0 Å². The van der Waals surface area contributed by atoms with E-state index in [4.69, 9.17) is 57.4 Å². The van der Waals surface area contributed by atoms with Crippen LogP contribution in [0.15, 0.2) is 0 Å². The average molecular weight is 530 g/mol. The topological polar surface area (TPSA) is 354 Å². The molecule has 0 aromatic carbocycles. The number of carbonyl (C=O) groups is 7. The smallest absolute Gasteiger partial charge is 0.336 e. The first-order valence-electron chi connectivity index (χ1n) is 9.71. The minimum absolute atomic E-state index is 0.520. The molecular weight excluding hydrogens is 500 g/mol. The molecule has 1 atom stereocenters. The van der Waals surface area contributed by atoms with Crippen molar-refractivity contribution in [2.45, 2.75) is 62.2 Å². The quantitative estimate of drug-likeness (QED) is 0.0940. The van der Waals surface area contributed by atoms with Crippen LogP contribution in [0.25, 0.3) is 0 Å². The minimum Gasteiger partial charge on any atom is -0.481 e. The molecule has 0 aromatic rings. The normalized spacial score (nSPS) is 11.4. The Morgan fingerprint density at radius 3 is 1.03 bits per heavy atom. The zero-order valence-corrected chi connectivity index (χ0v) is 18.8. The third kappa shape index (κ3) is 18.5. The molecule has 18 heteroatoms. The first-order chi connectivity index (χ1) is 16.2. The molecule has 0 bridgehead atoms. The highest BCUT2D eigenvalue weighted by Crippen LogP contribution is 2.16. The van der Waals surface area contributed by atoms with Gasteiger partial charge in [0.1, 0.15) is 6.04 Å². The summed E-state index contributed by atoms with van der Waals surface area (Å²) in [6.45, 7) is 0.604. The van der Waals surface area contributed by atoms with Crippen molar-refractivity contribution in [2.75, 3.05) is 6.54 Å². The summed E-state index contributed by atoms with van der Waals surface area (Å²) in [5, 5.41) is 75.9. The van der Waals surface area contributed by atoms with E-state index in [2.05, 4.69) is 0 Å². The van der Waals surface area contributed by atoms with Crippen molar-refractivity contribution in [2.24, 2.45) is 11.5 Å². The molecule has 0 fully saturated rings. The van der Waals surface area contributed by atoms with Crippen LogP contribution < -0.4 is 11.5 Å². The second-order valence-corrected chi connectivity index (χ2v) is 7.18. The van der Waals surface area contributed by atoms with E-state index in [-0.39, 0.29) is 0 Å². The van der Waals surface area contributed by atoms with Crippen molar-refractivity contribution in [3.63, 3.8) is 0 Å². The summed E-state index contributed by atoms with van der Waals surface area (Å²) >= 11 is 0. The number of rotatable bonds is 15. The molecule has 0 aliphatic carbocycles. The number of hydrogen-bond acceptors (Lipinski definition) is 11. The lowest BCUT2D eigenvalue weighted by Crippen LogP contribution is -2.42. The molecule has 0 rings (SSSR count). The summed E-state index contributed by atoms with van der Waals surface area (Å²) in [6.07, 6.45) is -2.41. The molecule has 0 unspecified atom stereocenters. The fourth-order valence-electron chi connectivity index (χ4n) is 2.06. The van der Waals surface area contributed by atoms with Crippen LogP contribution >= 0.6 is 0 Å². The van der Waals surface area contributed by atoms with E-state index >= 15 is 0 Å². The molecule has 0 radical (unpaired) electrons. The Bertz CT molecular complexity index is 712. The number of aliphatic carboxylic acids is 7. The van der Waals surface area contributed by atoms with Crippen LogP contribution in [-0.4, -0.2) is 112 Å². The molecule has 208 valence electrons. The van der Waals surface area contributed by atoms with Crippen LogP contribution in [0.2, 0.25) is 0 Å². The van der Waals surface area contributed by atoms with Crippen LogP contribution in [0.3, 0.4) is 0 Å². The Labute approximate surface area is 202 Å². The molecule has 0 aromatic heterocycles. The predicted molar refractivity (Wildman–Crippen MR) is 113 cm³/mol. The largest absolute Gasteiger partial charge is 0.481 e. The monoisotopic (exact) mass is 530 g/mol. The van der Waals surface area contributed by atoms with Crippen molar-refractivity contribution < 1.29 is 79.5 Å². The van der Waals surface area contributed by atoms with Crippen LogP contribution in [0.1, 0.15) is 44.9 Å². The van der Waals surface area contributed by atoms with Gasteiger partial charge in [-0.05, 0) is 19.4 Å². The molecule has 0 saturated heterocycles. The fourth-order valence-corrected chi connectivity index (χ4v) is 2.06. The number of unbranched alkanes of at least 4 members (excludes halogenated alkanes) is 1. The molecule has 0 heterocycles. The third-order valence-electron chi connectivity index (χ3n) is 3.86. The van der Waals surface area contributed by atoms with Crippen molar-refractivity contribution in [3.8, 4) is 0 Å². The second kappa shape index (κ2) is 17.5. The van der Waals surface area contributed by atoms with Crippen molar-refractivity contribution >= 4 is 41.8 Å². The summed E-state index contributed by atoms with van der Waals surface area (Å²) in [7, 11) is 0. The number of carboxylic acids is 7. The van der Waals surface area contributed by atoms with E-state index in [1.54, 1.807) is 0 Å². The lowest BCUT2D eigenvalue weighted by Gasteiger charge is -2.18. The molecule has 0 amide bonds. The van der Waals surface area contributed by atoms with E-state index in [1.807, 2.05) is 0 Å². The lowest BCUT2D eigenvalue weighted by molar-refractivity contribution is -0.170. The van der Waals surface area contributed by atoms with Gasteiger partial charge in [0.2, 0.25) is 0 Å². The number of nitrogens with two attached hydrogens (primary N) is 2. The van der Waals surface area contributed by atoms with E-state index in [0.717, 1.165) is 12.8 Å². The number of aliphatic hydroxyl groups is 2. The highest BCUT2D eigenvalue weighted by Gasteiger charge is 2.41. The SMILES string of the molecule is NCCCC[C@H](N)C(=O)O.O=C(O)CC(O)(CC(=O)O)C(=O)O.O=C(O)CC(O)(CC(=O)O)C(=O)O. The van der Waals surface area contributed by atoms with Gasteiger partial charge in [-0.3, -0.25) is 24.0 Å². The average Bonchev–Trinajstić information content (AvgIpc) is 2.66. The van der Waals surface area contributed by atoms with Crippen LogP contribution in [0.5, 0.6) is 0 Å². The van der Waals surface area contributed by atoms with Gasteiger partial charge in [0.15, 0.2) is 11.2 Å². The predicted octanol–water partition coefficient (Wildman–Crippen LogP) is -2.97. The van der Waals surface area contributed by atoms with E-state index in [0.29, 0.717) is 13.0 Å². The Balaban J connectivity index is -0.000000459. The van der Waals surface area contributed by atoms with Gasteiger partial charge in [-0.25, -0.2) is 9.59 Å². The van der Waals surface area contributed by atoms with Crippen LogP contribution in [0.4, 0.5) is 0 Å².